The number of rotatable bonds is 8. The number of ether oxygens (including phenoxy) is 2. The standard InChI is InChI=1S/C13H18ClNO4/c1-18-12-4-3-10(9-11(12)16)13(17)15-6-2-7-19-8-5-14/h3-4,9,16H,2,5-8H2,1H3,(H,15,17). The van der Waals surface area contributed by atoms with Crippen LogP contribution in [-0.4, -0.2) is 43.8 Å². The largest absolute Gasteiger partial charge is 0.504 e. The highest BCUT2D eigenvalue weighted by Gasteiger charge is 2.08. The van der Waals surface area contributed by atoms with Crippen LogP contribution in [0.3, 0.4) is 0 Å². The topological polar surface area (TPSA) is 67.8 Å². The number of hydrogen-bond donors (Lipinski definition) is 2. The van der Waals surface area contributed by atoms with Crippen LogP contribution in [0.15, 0.2) is 18.2 Å². The van der Waals surface area contributed by atoms with Gasteiger partial charge in [0.25, 0.3) is 5.91 Å². The molecule has 0 aliphatic carbocycles. The minimum Gasteiger partial charge on any atom is -0.504 e. The summed E-state index contributed by atoms with van der Waals surface area (Å²) in [4.78, 5) is 11.8. The molecule has 1 aromatic rings. The SMILES string of the molecule is COc1ccc(C(=O)NCCCOCCCl)cc1O. The van der Waals surface area contributed by atoms with Gasteiger partial charge in [-0.1, -0.05) is 0 Å². The molecule has 6 heteroatoms. The van der Waals surface area contributed by atoms with Gasteiger partial charge in [0.2, 0.25) is 0 Å². The number of benzene rings is 1. The van der Waals surface area contributed by atoms with Gasteiger partial charge in [-0.15, -0.1) is 11.6 Å². The second-order valence-corrected chi connectivity index (χ2v) is 4.18. The highest BCUT2D eigenvalue weighted by Crippen LogP contribution is 2.25. The Hall–Kier alpha value is -1.46. The molecule has 0 aliphatic rings. The maximum absolute atomic E-state index is 11.8. The lowest BCUT2D eigenvalue weighted by atomic mass is 10.2. The molecular weight excluding hydrogens is 270 g/mol. The molecule has 19 heavy (non-hydrogen) atoms. The predicted octanol–water partition coefficient (Wildman–Crippen LogP) is 1.78. The minimum absolute atomic E-state index is 0.0550. The molecule has 0 unspecified atom stereocenters. The Bertz CT molecular complexity index is 412. The number of nitrogens with one attached hydrogen (secondary N) is 1. The number of alkyl halides is 1. The lowest BCUT2D eigenvalue weighted by Gasteiger charge is -2.07. The number of carbonyl (C=O) groups excluding carboxylic acids is 1. The number of phenols is 1. The zero-order valence-electron chi connectivity index (χ0n) is 10.8. The maximum atomic E-state index is 11.8. The van der Waals surface area contributed by atoms with Gasteiger partial charge in [0.1, 0.15) is 0 Å². The Labute approximate surface area is 117 Å². The molecule has 0 atom stereocenters. The van der Waals surface area contributed by atoms with E-state index >= 15 is 0 Å². The molecule has 0 spiro atoms. The zero-order chi connectivity index (χ0) is 14.1. The quantitative estimate of drug-likeness (QED) is 0.565. The summed E-state index contributed by atoms with van der Waals surface area (Å²) in [7, 11) is 1.45. The van der Waals surface area contributed by atoms with Gasteiger partial charge in [-0.05, 0) is 24.6 Å². The van der Waals surface area contributed by atoms with Crippen molar-refractivity contribution in [3.8, 4) is 11.5 Å². The predicted molar refractivity (Wildman–Crippen MR) is 73.1 cm³/mol. The van der Waals surface area contributed by atoms with Crippen LogP contribution in [0.1, 0.15) is 16.8 Å². The van der Waals surface area contributed by atoms with Crippen LogP contribution in [0.2, 0.25) is 0 Å². The second kappa shape index (κ2) is 8.61. The van der Waals surface area contributed by atoms with Gasteiger partial charge in [-0.25, -0.2) is 0 Å². The third-order valence-corrected chi connectivity index (χ3v) is 2.57. The van der Waals surface area contributed by atoms with E-state index in [2.05, 4.69) is 5.32 Å². The number of methoxy groups -OCH3 is 1. The fraction of sp³-hybridized carbons (Fsp3) is 0.462. The van der Waals surface area contributed by atoms with Crippen LogP contribution >= 0.6 is 11.6 Å². The van der Waals surface area contributed by atoms with Crippen LogP contribution < -0.4 is 10.1 Å². The van der Waals surface area contributed by atoms with Gasteiger partial charge >= 0.3 is 0 Å². The summed E-state index contributed by atoms with van der Waals surface area (Å²) >= 11 is 5.46. The Morgan fingerprint density at radius 1 is 1.42 bits per heavy atom. The van der Waals surface area contributed by atoms with Crippen LogP contribution in [0.5, 0.6) is 11.5 Å². The second-order valence-electron chi connectivity index (χ2n) is 3.80. The molecule has 1 amide bonds. The van der Waals surface area contributed by atoms with Crippen molar-refractivity contribution in [2.24, 2.45) is 0 Å². The first-order chi connectivity index (χ1) is 9.19. The molecule has 106 valence electrons. The first kappa shape index (κ1) is 15.6. The lowest BCUT2D eigenvalue weighted by Crippen LogP contribution is -2.25. The van der Waals surface area contributed by atoms with Crippen LogP contribution in [0, 0.1) is 0 Å². The molecule has 5 nitrogen and oxygen atoms in total. The van der Waals surface area contributed by atoms with Crippen molar-refractivity contribution in [2.45, 2.75) is 6.42 Å². The van der Waals surface area contributed by atoms with Gasteiger partial charge in [0, 0.05) is 24.6 Å². The molecular formula is C13H18ClNO4. The van der Waals surface area contributed by atoms with Crippen molar-refractivity contribution in [3.05, 3.63) is 23.8 Å². The normalized spacial score (nSPS) is 10.2. The van der Waals surface area contributed by atoms with Gasteiger partial charge in [-0.2, -0.15) is 0 Å². The van der Waals surface area contributed by atoms with Gasteiger partial charge < -0.3 is 19.9 Å². The number of carbonyl (C=O) groups is 1. The van der Waals surface area contributed by atoms with E-state index in [0.717, 1.165) is 0 Å². The Balaban J connectivity index is 2.35. The number of phenolic OH excluding ortho intramolecular Hbond substituents is 1. The van der Waals surface area contributed by atoms with Gasteiger partial charge in [0.05, 0.1) is 13.7 Å². The Morgan fingerprint density at radius 3 is 2.84 bits per heavy atom. The van der Waals surface area contributed by atoms with E-state index in [1.54, 1.807) is 12.1 Å². The van der Waals surface area contributed by atoms with Crippen LogP contribution in [0.4, 0.5) is 0 Å². The number of amides is 1. The molecule has 1 rings (SSSR count). The summed E-state index contributed by atoms with van der Waals surface area (Å²) in [5.41, 5.74) is 0.389. The summed E-state index contributed by atoms with van der Waals surface area (Å²) in [6.07, 6.45) is 0.713. The molecule has 0 saturated carbocycles. The summed E-state index contributed by atoms with van der Waals surface area (Å²) in [6, 6.07) is 4.52. The zero-order valence-corrected chi connectivity index (χ0v) is 11.6. The van der Waals surface area contributed by atoms with Crippen molar-refractivity contribution < 1.29 is 19.4 Å². The molecule has 2 N–H and O–H groups in total. The van der Waals surface area contributed by atoms with Crippen molar-refractivity contribution in [3.63, 3.8) is 0 Å². The van der Waals surface area contributed by atoms with Crippen molar-refractivity contribution in [1.29, 1.82) is 0 Å². The smallest absolute Gasteiger partial charge is 0.251 e. The Morgan fingerprint density at radius 2 is 2.21 bits per heavy atom. The highest BCUT2D eigenvalue weighted by molar-refractivity contribution is 6.17. The average Bonchev–Trinajstić information content (AvgIpc) is 2.42. The molecule has 0 heterocycles. The minimum atomic E-state index is -0.240. The third-order valence-electron chi connectivity index (χ3n) is 2.41. The molecule has 0 saturated heterocycles. The summed E-state index contributed by atoms with van der Waals surface area (Å²) in [5, 5.41) is 12.3. The first-order valence-corrected chi connectivity index (χ1v) is 6.51. The van der Waals surface area contributed by atoms with Crippen LogP contribution in [-0.2, 0) is 4.74 Å². The Kier molecular flexibility index (Phi) is 7.07. The van der Waals surface area contributed by atoms with E-state index < -0.39 is 0 Å². The van der Waals surface area contributed by atoms with E-state index in [9.17, 15) is 9.90 Å². The van der Waals surface area contributed by atoms with Crippen molar-refractivity contribution >= 4 is 17.5 Å². The highest BCUT2D eigenvalue weighted by atomic mass is 35.5. The number of hydrogen-bond acceptors (Lipinski definition) is 4. The average molecular weight is 288 g/mol. The van der Waals surface area contributed by atoms with Gasteiger partial charge in [-0.3, -0.25) is 4.79 Å². The van der Waals surface area contributed by atoms with E-state index in [-0.39, 0.29) is 11.7 Å². The monoisotopic (exact) mass is 287 g/mol. The number of halogens is 1. The van der Waals surface area contributed by atoms with E-state index in [1.165, 1.54) is 13.2 Å². The molecule has 0 radical (unpaired) electrons. The van der Waals surface area contributed by atoms with Crippen LogP contribution in [0.25, 0.3) is 0 Å². The van der Waals surface area contributed by atoms with E-state index in [0.29, 0.717) is 43.4 Å². The fourth-order valence-corrected chi connectivity index (χ4v) is 1.58. The lowest BCUT2D eigenvalue weighted by molar-refractivity contribution is 0.0944. The summed E-state index contributed by atoms with van der Waals surface area (Å²) in [5.74, 6) is 0.513. The molecule has 0 fully saturated rings. The maximum Gasteiger partial charge on any atom is 0.251 e. The van der Waals surface area contributed by atoms with E-state index in [1.807, 2.05) is 0 Å². The number of aromatic hydroxyl groups is 1. The summed E-state index contributed by atoms with van der Waals surface area (Å²) < 4.78 is 10.1. The first-order valence-electron chi connectivity index (χ1n) is 5.98. The molecule has 1 aromatic carbocycles. The summed E-state index contributed by atoms with van der Waals surface area (Å²) in [6.45, 7) is 1.58. The van der Waals surface area contributed by atoms with Gasteiger partial charge in [0.15, 0.2) is 11.5 Å². The molecule has 0 aromatic heterocycles. The van der Waals surface area contributed by atoms with Crippen molar-refractivity contribution in [1.82, 2.24) is 5.32 Å². The molecule has 0 bridgehead atoms. The third kappa shape index (κ3) is 5.36. The van der Waals surface area contributed by atoms with E-state index in [4.69, 9.17) is 21.1 Å². The van der Waals surface area contributed by atoms with Crippen molar-refractivity contribution in [2.75, 3.05) is 32.7 Å². The fourth-order valence-electron chi connectivity index (χ4n) is 1.47. The molecule has 0 aliphatic heterocycles.